The summed E-state index contributed by atoms with van der Waals surface area (Å²) < 4.78 is 37.2. The Kier molecular flexibility index (Phi) is 7.99. The molecular formula is C8H18NO6S+. The fraction of sp³-hybridized carbons (Fsp3) is 0.625. The first-order chi connectivity index (χ1) is 6.95. The number of carbonyl (C=O) groups excluding carboxylic acids is 1. The number of ether oxygens (including phenoxy) is 1. The van der Waals surface area contributed by atoms with Crippen molar-refractivity contribution in [3.05, 3.63) is 12.7 Å². The maximum atomic E-state index is 10.6. The number of esters is 1. The third-order valence-electron chi connectivity index (χ3n) is 1.17. The zero-order valence-corrected chi connectivity index (χ0v) is 10.4. The molecule has 2 N–H and O–H groups in total. The number of nitrogens with zero attached hydrogens (tertiary/aromatic N) is 1. The monoisotopic (exact) mass is 256 g/mol. The quantitative estimate of drug-likeness (QED) is 0.312. The largest absolute Gasteiger partial charge is 0.457 e. The SMILES string of the molecule is C=CC(=O)OCC[N+](C)(C)C.O=S(=O)(O)O. The van der Waals surface area contributed by atoms with Gasteiger partial charge in [0.25, 0.3) is 0 Å². The molecule has 0 aromatic rings. The fourth-order valence-corrected chi connectivity index (χ4v) is 0.479. The molecule has 0 atom stereocenters. The van der Waals surface area contributed by atoms with Gasteiger partial charge in [0, 0.05) is 6.08 Å². The lowest BCUT2D eigenvalue weighted by atomic mass is 10.5. The van der Waals surface area contributed by atoms with Gasteiger partial charge in [-0.1, -0.05) is 6.58 Å². The predicted octanol–water partition coefficient (Wildman–Crippen LogP) is -0.231. The van der Waals surface area contributed by atoms with Gasteiger partial charge in [0.2, 0.25) is 0 Å². The third kappa shape index (κ3) is 29.2. The zero-order valence-electron chi connectivity index (χ0n) is 9.58. The van der Waals surface area contributed by atoms with Crippen LogP contribution in [0.1, 0.15) is 0 Å². The summed E-state index contributed by atoms with van der Waals surface area (Å²) in [6.07, 6.45) is 1.18. The van der Waals surface area contributed by atoms with E-state index >= 15 is 0 Å². The maximum absolute atomic E-state index is 10.6. The van der Waals surface area contributed by atoms with Gasteiger partial charge < -0.3 is 9.22 Å². The Labute approximate surface area is 95.5 Å². The Morgan fingerprint density at radius 2 is 1.75 bits per heavy atom. The highest BCUT2D eigenvalue weighted by Crippen LogP contribution is 1.89. The smallest absolute Gasteiger partial charge is 0.394 e. The minimum absolute atomic E-state index is 0.349. The van der Waals surface area contributed by atoms with E-state index in [4.69, 9.17) is 22.3 Å². The summed E-state index contributed by atoms with van der Waals surface area (Å²) in [4.78, 5) is 10.6. The van der Waals surface area contributed by atoms with Gasteiger partial charge in [-0.25, -0.2) is 4.79 Å². The van der Waals surface area contributed by atoms with Crippen LogP contribution in [0.2, 0.25) is 0 Å². The molecule has 8 heteroatoms. The first kappa shape index (κ1) is 17.4. The number of rotatable bonds is 4. The van der Waals surface area contributed by atoms with Gasteiger partial charge in [-0.2, -0.15) is 8.42 Å². The molecule has 0 bridgehead atoms. The van der Waals surface area contributed by atoms with Crippen LogP contribution in [0.25, 0.3) is 0 Å². The lowest BCUT2D eigenvalue weighted by Gasteiger charge is -2.23. The Bertz CT molecular complexity index is 308. The molecule has 7 nitrogen and oxygen atoms in total. The van der Waals surface area contributed by atoms with Crippen molar-refractivity contribution < 1.29 is 31.5 Å². The fourth-order valence-electron chi connectivity index (χ4n) is 0.479. The van der Waals surface area contributed by atoms with Crippen molar-refractivity contribution in [1.82, 2.24) is 0 Å². The van der Waals surface area contributed by atoms with E-state index in [0.29, 0.717) is 6.61 Å². The summed E-state index contributed by atoms with van der Waals surface area (Å²) in [7, 11) is 1.46. The van der Waals surface area contributed by atoms with Crippen LogP contribution < -0.4 is 0 Å². The topological polar surface area (TPSA) is 101 Å². The lowest BCUT2D eigenvalue weighted by molar-refractivity contribution is -0.870. The van der Waals surface area contributed by atoms with Crippen LogP contribution in [0.5, 0.6) is 0 Å². The second-order valence-electron chi connectivity index (χ2n) is 3.83. The third-order valence-corrected chi connectivity index (χ3v) is 1.17. The van der Waals surface area contributed by atoms with E-state index in [1.165, 1.54) is 6.08 Å². The summed E-state index contributed by atoms with van der Waals surface area (Å²) in [6.45, 7) is 4.57. The number of hydrogen-bond acceptors (Lipinski definition) is 4. The van der Waals surface area contributed by atoms with E-state index in [0.717, 1.165) is 11.0 Å². The highest BCUT2D eigenvalue weighted by atomic mass is 32.3. The van der Waals surface area contributed by atoms with Crippen molar-refractivity contribution in [1.29, 1.82) is 0 Å². The summed E-state index contributed by atoms with van der Waals surface area (Å²) in [5.74, 6) is -0.349. The average molecular weight is 256 g/mol. The molecule has 0 saturated carbocycles. The number of hydrogen-bond donors (Lipinski definition) is 2. The molecular weight excluding hydrogens is 238 g/mol. The van der Waals surface area contributed by atoms with Crippen LogP contribution in [0.4, 0.5) is 0 Å². The van der Waals surface area contributed by atoms with Gasteiger partial charge in [0.05, 0.1) is 21.1 Å². The molecule has 0 fully saturated rings. The van der Waals surface area contributed by atoms with Crippen LogP contribution in [0.3, 0.4) is 0 Å². The standard InChI is InChI=1S/C8H16NO2.H2O4S/c1-5-8(10)11-7-6-9(2,3)4;1-5(2,3)4/h5H,1,6-7H2,2-4H3;(H2,1,2,3,4)/q+1;. The van der Waals surface area contributed by atoms with E-state index in [9.17, 15) is 4.79 Å². The second kappa shape index (κ2) is 7.34. The molecule has 0 rings (SSSR count). The van der Waals surface area contributed by atoms with Crippen LogP contribution in [0, 0.1) is 0 Å². The van der Waals surface area contributed by atoms with Crippen LogP contribution in [0.15, 0.2) is 12.7 Å². The molecule has 0 aromatic carbocycles. The normalized spacial score (nSPS) is 11.1. The van der Waals surface area contributed by atoms with Gasteiger partial charge in [-0.05, 0) is 0 Å². The van der Waals surface area contributed by atoms with Crippen molar-refractivity contribution >= 4 is 16.4 Å². The number of likely N-dealkylation sites (N-methyl/N-ethyl adjacent to an activating group) is 1. The van der Waals surface area contributed by atoms with E-state index in [2.05, 4.69) is 6.58 Å². The van der Waals surface area contributed by atoms with Crippen LogP contribution in [-0.2, 0) is 19.9 Å². The van der Waals surface area contributed by atoms with E-state index in [1.807, 2.05) is 21.1 Å². The predicted molar refractivity (Wildman–Crippen MR) is 58.2 cm³/mol. The van der Waals surface area contributed by atoms with E-state index in [1.54, 1.807) is 0 Å². The Balaban J connectivity index is 0. The molecule has 96 valence electrons. The van der Waals surface area contributed by atoms with Crippen molar-refractivity contribution in [2.24, 2.45) is 0 Å². The van der Waals surface area contributed by atoms with E-state index in [-0.39, 0.29) is 5.97 Å². The summed E-state index contributed by atoms with van der Waals surface area (Å²) in [5.41, 5.74) is 0. The first-order valence-corrected chi connectivity index (χ1v) is 5.65. The molecule has 0 unspecified atom stereocenters. The van der Waals surface area contributed by atoms with Crippen LogP contribution >= 0.6 is 0 Å². The van der Waals surface area contributed by atoms with Gasteiger partial charge >= 0.3 is 16.4 Å². The van der Waals surface area contributed by atoms with Crippen molar-refractivity contribution in [3.63, 3.8) is 0 Å². The molecule has 0 spiro atoms. The molecule has 0 heterocycles. The molecule has 0 aliphatic heterocycles. The molecule has 0 saturated heterocycles. The van der Waals surface area contributed by atoms with Gasteiger partial charge in [-0.3, -0.25) is 9.11 Å². The van der Waals surface area contributed by atoms with Gasteiger partial charge in [-0.15, -0.1) is 0 Å². The van der Waals surface area contributed by atoms with Crippen molar-refractivity contribution in [2.75, 3.05) is 34.3 Å². The maximum Gasteiger partial charge on any atom is 0.394 e. The molecule has 0 amide bonds. The summed E-state index contributed by atoms with van der Waals surface area (Å²) in [5, 5.41) is 0. The van der Waals surface area contributed by atoms with Crippen molar-refractivity contribution in [3.8, 4) is 0 Å². The Hall–Kier alpha value is -0.960. The molecule has 16 heavy (non-hydrogen) atoms. The highest BCUT2D eigenvalue weighted by molar-refractivity contribution is 7.79. The summed E-state index contributed by atoms with van der Waals surface area (Å²) in [6, 6.07) is 0. The minimum Gasteiger partial charge on any atom is -0.457 e. The minimum atomic E-state index is -4.67. The van der Waals surface area contributed by atoms with E-state index < -0.39 is 10.4 Å². The highest BCUT2D eigenvalue weighted by Gasteiger charge is 2.06. The van der Waals surface area contributed by atoms with Crippen LogP contribution in [-0.4, -0.2) is 62.3 Å². The van der Waals surface area contributed by atoms with Crippen molar-refractivity contribution in [2.45, 2.75) is 0 Å². The molecule has 0 aliphatic rings. The first-order valence-electron chi connectivity index (χ1n) is 4.25. The molecule has 0 radical (unpaired) electrons. The summed E-state index contributed by atoms with van der Waals surface area (Å²) >= 11 is 0. The van der Waals surface area contributed by atoms with Gasteiger partial charge in [0.15, 0.2) is 0 Å². The number of quaternary nitrogens is 1. The zero-order chi connectivity index (χ0) is 13.4. The van der Waals surface area contributed by atoms with Gasteiger partial charge in [0.1, 0.15) is 13.2 Å². The molecule has 0 aliphatic carbocycles. The molecule has 0 aromatic heterocycles. The lowest BCUT2D eigenvalue weighted by Crippen LogP contribution is -2.37. The Morgan fingerprint density at radius 1 is 1.38 bits per heavy atom. The second-order valence-corrected chi connectivity index (χ2v) is 4.73. The Morgan fingerprint density at radius 3 is 2.00 bits per heavy atom. The average Bonchev–Trinajstić information content (AvgIpc) is 1.98. The number of carbonyl (C=O) groups is 1.